The van der Waals surface area contributed by atoms with Crippen molar-refractivity contribution in [1.29, 1.82) is 0 Å². The molecule has 6 heteroatoms. The van der Waals surface area contributed by atoms with Gasteiger partial charge in [-0.2, -0.15) is 0 Å². The maximum absolute atomic E-state index is 8.66. The van der Waals surface area contributed by atoms with Crippen molar-refractivity contribution < 1.29 is 19.4 Å². The first-order valence-electron chi connectivity index (χ1n) is 4.30. The highest BCUT2D eigenvalue weighted by Crippen LogP contribution is 2.46. The highest BCUT2D eigenvalue weighted by molar-refractivity contribution is 6.34. The average molecular weight is 232 g/mol. The molecule has 0 aliphatic carbocycles. The Bertz CT molecular complexity index is 383. The second-order valence-electron chi connectivity index (χ2n) is 2.95. The maximum atomic E-state index is 8.66. The van der Waals surface area contributed by atoms with E-state index in [0.29, 0.717) is 27.8 Å². The summed E-state index contributed by atoms with van der Waals surface area (Å²) in [6, 6.07) is 1.72. The number of hydrogen-bond acceptors (Lipinski definition) is 5. The maximum Gasteiger partial charge on any atom is 0.231 e. The number of hydrogen-bond donors (Lipinski definition) is 2. The number of hydroxylamine groups is 1. The molecule has 0 unspecified atom stereocenters. The molecule has 0 atom stereocenters. The van der Waals surface area contributed by atoms with Gasteiger partial charge in [0.2, 0.25) is 6.79 Å². The van der Waals surface area contributed by atoms with E-state index in [9.17, 15) is 0 Å². The van der Waals surface area contributed by atoms with Gasteiger partial charge in [0, 0.05) is 12.1 Å². The Morgan fingerprint density at radius 2 is 2.40 bits per heavy atom. The molecule has 0 aromatic heterocycles. The van der Waals surface area contributed by atoms with Crippen molar-refractivity contribution in [2.45, 2.75) is 6.54 Å². The number of halogens is 1. The van der Waals surface area contributed by atoms with Crippen molar-refractivity contribution >= 4 is 11.6 Å². The molecule has 0 saturated carbocycles. The normalized spacial score (nSPS) is 13.0. The topological polar surface area (TPSA) is 60.0 Å². The first-order valence-corrected chi connectivity index (χ1v) is 4.67. The second-order valence-corrected chi connectivity index (χ2v) is 3.33. The lowest BCUT2D eigenvalue weighted by Gasteiger charge is -2.11. The molecule has 1 aromatic carbocycles. The van der Waals surface area contributed by atoms with Gasteiger partial charge in [-0.15, -0.1) is 0 Å². The van der Waals surface area contributed by atoms with Gasteiger partial charge in [0.05, 0.1) is 7.11 Å². The van der Waals surface area contributed by atoms with Gasteiger partial charge in [-0.1, -0.05) is 11.6 Å². The number of rotatable bonds is 3. The van der Waals surface area contributed by atoms with Crippen molar-refractivity contribution in [3.63, 3.8) is 0 Å². The van der Waals surface area contributed by atoms with Gasteiger partial charge in [-0.25, -0.2) is 5.48 Å². The molecule has 2 N–H and O–H groups in total. The lowest BCUT2D eigenvalue weighted by atomic mass is 10.1. The Labute approximate surface area is 91.5 Å². The van der Waals surface area contributed by atoms with Crippen molar-refractivity contribution in [3.8, 4) is 17.2 Å². The van der Waals surface area contributed by atoms with Crippen LogP contribution >= 0.6 is 11.6 Å². The van der Waals surface area contributed by atoms with E-state index in [2.05, 4.69) is 0 Å². The molecular weight excluding hydrogens is 222 g/mol. The SMILES string of the molecule is COc1c(CNO)cc2c(c1Cl)OCO2. The van der Waals surface area contributed by atoms with Crippen LogP contribution in [0.25, 0.3) is 0 Å². The van der Waals surface area contributed by atoms with Crippen LogP contribution in [0.4, 0.5) is 0 Å². The number of methoxy groups -OCH3 is 1. The summed E-state index contributed by atoms with van der Waals surface area (Å²) >= 11 is 6.06. The van der Waals surface area contributed by atoms with Crippen molar-refractivity contribution in [2.75, 3.05) is 13.9 Å². The molecule has 82 valence electrons. The highest BCUT2D eigenvalue weighted by Gasteiger charge is 2.23. The minimum atomic E-state index is 0.147. The highest BCUT2D eigenvalue weighted by atomic mass is 35.5. The number of fused-ring (bicyclic) bond motifs is 1. The predicted octanol–water partition coefficient (Wildman–Crippen LogP) is 1.56. The molecule has 1 aromatic rings. The minimum absolute atomic E-state index is 0.147. The molecule has 0 bridgehead atoms. The van der Waals surface area contributed by atoms with Gasteiger partial charge < -0.3 is 19.4 Å². The van der Waals surface area contributed by atoms with Crippen LogP contribution in [-0.4, -0.2) is 19.1 Å². The summed E-state index contributed by atoms with van der Waals surface area (Å²) in [5, 5.41) is 9.02. The zero-order valence-electron chi connectivity index (χ0n) is 8.04. The molecule has 0 amide bonds. The molecule has 0 radical (unpaired) electrons. The number of benzene rings is 1. The Morgan fingerprint density at radius 3 is 3.07 bits per heavy atom. The van der Waals surface area contributed by atoms with E-state index in [-0.39, 0.29) is 13.3 Å². The van der Waals surface area contributed by atoms with Gasteiger partial charge in [-0.3, -0.25) is 0 Å². The third-order valence-electron chi connectivity index (χ3n) is 2.11. The summed E-state index contributed by atoms with van der Waals surface area (Å²) in [6.07, 6.45) is 0. The standard InChI is InChI=1S/C9H10ClNO4/c1-13-8-5(3-11-12)2-6-9(7(8)10)15-4-14-6/h2,11-12H,3-4H2,1H3. The molecule has 0 fully saturated rings. The molecule has 1 aliphatic rings. The Hall–Kier alpha value is -1.17. The quantitative estimate of drug-likeness (QED) is 0.773. The summed E-state index contributed by atoms with van der Waals surface area (Å²) < 4.78 is 15.5. The summed E-state index contributed by atoms with van der Waals surface area (Å²) in [7, 11) is 1.50. The zero-order valence-corrected chi connectivity index (χ0v) is 8.80. The van der Waals surface area contributed by atoms with Crippen LogP contribution in [0.3, 0.4) is 0 Å². The Balaban J connectivity index is 2.51. The van der Waals surface area contributed by atoms with E-state index in [0.717, 1.165) is 0 Å². The molecule has 0 saturated heterocycles. The zero-order chi connectivity index (χ0) is 10.8. The third-order valence-corrected chi connectivity index (χ3v) is 2.45. The van der Waals surface area contributed by atoms with Crippen LogP contribution in [-0.2, 0) is 6.54 Å². The van der Waals surface area contributed by atoms with Crippen LogP contribution < -0.4 is 19.7 Å². The molecule has 2 rings (SSSR count). The fraction of sp³-hybridized carbons (Fsp3) is 0.333. The van der Waals surface area contributed by atoms with Crippen LogP contribution in [0.2, 0.25) is 5.02 Å². The van der Waals surface area contributed by atoms with E-state index in [1.165, 1.54) is 7.11 Å². The average Bonchev–Trinajstić information content (AvgIpc) is 2.67. The van der Waals surface area contributed by atoms with Crippen LogP contribution in [0.5, 0.6) is 17.2 Å². The fourth-order valence-corrected chi connectivity index (χ4v) is 1.82. The minimum Gasteiger partial charge on any atom is -0.495 e. The van der Waals surface area contributed by atoms with Gasteiger partial charge in [0.1, 0.15) is 10.8 Å². The number of nitrogens with one attached hydrogen (secondary N) is 1. The van der Waals surface area contributed by atoms with Gasteiger partial charge >= 0.3 is 0 Å². The van der Waals surface area contributed by atoms with E-state index in [1.807, 2.05) is 5.48 Å². The summed E-state index contributed by atoms with van der Waals surface area (Å²) in [4.78, 5) is 0. The van der Waals surface area contributed by atoms with Crippen LogP contribution in [0.15, 0.2) is 6.07 Å². The molecule has 0 spiro atoms. The fourth-order valence-electron chi connectivity index (χ4n) is 1.47. The van der Waals surface area contributed by atoms with Gasteiger partial charge in [0.15, 0.2) is 11.5 Å². The summed E-state index contributed by atoms with van der Waals surface area (Å²) in [6.45, 7) is 0.369. The predicted molar refractivity (Wildman–Crippen MR) is 52.8 cm³/mol. The molecule has 1 aliphatic heterocycles. The molecule has 15 heavy (non-hydrogen) atoms. The molecule has 5 nitrogen and oxygen atoms in total. The monoisotopic (exact) mass is 231 g/mol. The van der Waals surface area contributed by atoms with Crippen LogP contribution in [0.1, 0.15) is 5.56 Å². The lowest BCUT2D eigenvalue weighted by molar-refractivity contribution is 0.160. The Morgan fingerprint density at radius 1 is 1.60 bits per heavy atom. The van der Waals surface area contributed by atoms with Crippen molar-refractivity contribution in [3.05, 3.63) is 16.7 Å². The van der Waals surface area contributed by atoms with Gasteiger partial charge in [0.25, 0.3) is 0 Å². The smallest absolute Gasteiger partial charge is 0.231 e. The largest absolute Gasteiger partial charge is 0.495 e. The molecule has 1 heterocycles. The second kappa shape index (κ2) is 4.14. The van der Waals surface area contributed by atoms with Crippen molar-refractivity contribution in [2.24, 2.45) is 0 Å². The first kappa shape index (κ1) is 10.4. The lowest BCUT2D eigenvalue weighted by Crippen LogP contribution is -2.07. The first-order chi connectivity index (χ1) is 7.27. The van der Waals surface area contributed by atoms with Gasteiger partial charge in [-0.05, 0) is 6.07 Å². The van der Waals surface area contributed by atoms with E-state index < -0.39 is 0 Å². The summed E-state index contributed by atoms with van der Waals surface area (Å²) in [5.74, 6) is 1.52. The molecular formula is C9H10ClNO4. The Kier molecular flexibility index (Phi) is 2.86. The van der Waals surface area contributed by atoms with E-state index >= 15 is 0 Å². The third kappa shape index (κ3) is 1.69. The van der Waals surface area contributed by atoms with Crippen molar-refractivity contribution in [1.82, 2.24) is 5.48 Å². The number of ether oxygens (including phenoxy) is 3. The van der Waals surface area contributed by atoms with E-state index in [4.69, 9.17) is 31.0 Å². The van der Waals surface area contributed by atoms with Crippen LogP contribution in [0, 0.1) is 0 Å². The van der Waals surface area contributed by atoms with E-state index in [1.54, 1.807) is 6.07 Å². The summed E-state index contributed by atoms with van der Waals surface area (Å²) in [5.41, 5.74) is 2.75.